The summed E-state index contributed by atoms with van der Waals surface area (Å²) in [6.45, 7) is 2.46. The number of aromatic nitrogens is 4. The molecule has 8 nitrogen and oxygen atoms in total. The zero-order valence-electron chi connectivity index (χ0n) is 20.2. The Kier molecular flexibility index (Phi) is 7.46. The highest BCUT2D eigenvalue weighted by Crippen LogP contribution is 2.29. The van der Waals surface area contributed by atoms with E-state index in [1.54, 1.807) is 12.1 Å². The van der Waals surface area contributed by atoms with Gasteiger partial charge in [0, 0.05) is 23.1 Å². The predicted molar refractivity (Wildman–Crippen MR) is 128 cm³/mol. The average molecular weight is 503 g/mol. The van der Waals surface area contributed by atoms with Gasteiger partial charge >= 0.3 is 6.18 Å². The zero-order chi connectivity index (χ0) is 25.9. The molecule has 0 bridgehead atoms. The van der Waals surface area contributed by atoms with Gasteiger partial charge in [-0.2, -0.15) is 23.4 Å². The highest BCUT2D eigenvalue weighted by Gasteiger charge is 2.34. The Hall–Kier alpha value is -3.63. The first-order chi connectivity index (χ1) is 17.1. The van der Waals surface area contributed by atoms with Crippen molar-refractivity contribution in [3.8, 4) is 11.1 Å². The maximum absolute atomic E-state index is 13.3. The van der Waals surface area contributed by atoms with E-state index in [0.29, 0.717) is 10.4 Å². The monoisotopic (exact) mass is 502 g/mol. The number of carbonyl (C=O) groups is 2. The lowest BCUT2D eigenvalue weighted by Crippen LogP contribution is -2.49. The number of anilines is 1. The van der Waals surface area contributed by atoms with Gasteiger partial charge in [-0.15, -0.1) is 0 Å². The van der Waals surface area contributed by atoms with E-state index in [1.807, 2.05) is 26.0 Å². The summed E-state index contributed by atoms with van der Waals surface area (Å²) in [7, 11) is 0. The van der Waals surface area contributed by atoms with Crippen molar-refractivity contribution in [2.75, 3.05) is 5.32 Å². The number of hydrogen-bond donors (Lipinski definition) is 3. The van der Waals surface area contributed by atoms with Crippen LogP contribution >= 0.6 is 0 Å². The highest BCUT2D eigenvalue weighted by atomic mass is 19.4. The van der Waals surface area contributed by atoms with Crippen LogP contribution in [0.4, 0.5) is 18.9 Å². The maximum atomic E-state index is 13.3. The van der Waals surface area contributed by atoms with E-state index in [9.17, 15) is 22.8 Å². The molecule has 0 saturated heterocycles. The largest absolute Gasteiger partial charge is 0.408 e. The van der Waals surface area contributed by atoms with E-state index in [0.717, 1.165) is 60.8 Å². The molecule has 2 heterocycles. The van der Waals surface area contributed by atoms with Crippen LogP contribution in [-0.4, -0.2) is 44.0 Å². The number of nitrogens with one attached hydrogen (secondary N) is 3. The molecule has 2 aromatic heterocycles. The molecule has 0 aliphatic heterocycles. The lowest BCUT2D eigenvalue weighted by molar-refractivity contribution is -0.142. The molecule has 192 valence electrons. The summed E-state index contributed by atoms with van der Waals surface area (Å²) >= 11 is 0. The van der Waals surface area contributed by atoms with Gasteiger partial charge in [0.1, 0.15) is 18.3 Å². The molecule has 3 N–H and O–H groups in total. The number of halogens is 3. The maximum Gasteiger partial charge on any atom is 0.408 e. The lowest BCUT2D eigenvalue weighted by Gasteiger charge is -2.30. The number of amides is 2. The van der Waals surface area contributed by atoms with E-state index in [-0.39, 0.29) is 11.6 Å². The number of rotatable bonds is 7. The van der Waals surface area contributed by atoms with E-state index >= 15 is 0 Å². The third-order valence-corrected chi connectivity index (χ3v) is 6.54. The van der Waals surface area contributed by atoms with E-state index in [1.165, 1.54) is 6.07 Å². The number of alkyl halides is 3. The standard InChI is InChI=1S/C25H29F3N6O2/c1-15-21(16(2)33-32-15)17-8-10-19(11-9-17)30-24(36)22(18-6-4-3-5-7-18)31-23(35)20-12-13-29-34(20)14-25(26,27)28/h8-13,18,22H,3-7,14H2,1-2H3,(H,30,36)(H,31,35)(H,32,33)/t22-/m0/s1. The van der Waals surface area contributed by atoms with Crippen molar-refractivity contribution in [2.24, 2.45) is 5.92 Å². The van der Waals surface area contributed by atoms with Gasteiger partial charge in [0.2, 0.25) is 5.91 Å². The van der Waals surface area contributed by atoms with Crippen LogP contribution in [0.1, 0.15) is 54.0 Å². The van der Waals surface area contributed by atoms with Crippen molar-refractivity contribution >= 4 is 17.5 Å². The lowest BCUT2D eigenvalue weighted by atomic mass is 9.83. The molecule has 0 radical (unpaired) electrons. The Morgan fingerprint density at radius 3 is 2.42 bits per heavy atom. The number of nitrogens with zero attached hydrogens (tertiary/aromatic N) is 3. The van der Waals surface area contributed by atoms with Crippen LogP contribution in [0.3, 0.4) is 0 Å². The van der Waals surface area contributed by atoms with Crippen molar-refractivity contribution in [1.82, 2.24) is 25.3 Å². The number of carbonyl (C=O) groups excluding carboxylic acids is 2. The molecule has 36 heavy (non-hydrogen) atoms. The smallest absolute Gasteiger partial charge is 0.339 e. The van der Waals surface area contributed by atoms with Gasteiger partial charge in [0.25, 0.3) is 5.91 Å². The van der Waals surface area contributed by atoms with Crippen LogP contribution in [0, 0.1) is 19.8 Å². The molecule has 1 fully saturated rings. The summed E-state index contributed by atoms with van der Waals surface area (Å²) in [6.07, 6.45) is 1.01. The fourth-order valence-electron chi connectivity index (χ4n) is 4.82. The van der Waals surface area contributed by atoms with Gasteiger partial charge in [-0.25, -0.2) is 0 Å². The molecule has 1 aromatic carbocycles. The van der Waals surface area contributed by atoms with Crippen LogP contribution in [0.5, 0.6) is 0 Å². The summed E-state index contributed by atoms with van der Waals surface area (Å²) in [6, 6.07) is 7.64. The third-order valence-electron chi connectivity index (χ3n) is 6.54. The summed E-state index contributed by atoms with van der Waals surface area (Å²) in [4.78, 5) is 26.2. The number of hydrogen-bond acceptors (Lipinski definition) is 4. The first-order valence-corrected chi connectivity index (χ1v) is 11.9. The first-order valence-electron chi connectivity index (χ1n) is 11.9. The minimum Gasteiger partial charge on any atom is -0.339 e. The number of H-pyrrole nitrogens is 1. The van der Waals surface area contributed by atoms with E-state index in [4.69, 9.17) is 0 Å². The van der Waals surface area contributed by atoms with Crippen molar-refractivity contribution in [3.63, 3.8) is 0 Å². The summed E-state index contributed by atoms with van der Waals surface area (Å²) < 4.78 is 39.3. The van der Waals surface area contributed by atoms with Gasteiger partial charge < -0.3 is 10.6 Å². The summed E-state index contributed by atoms with van der Waals surface area (Å²) in [5.41, 5.74) is 4.07. The van der Waals surface area contributed by atoms with Crippen molar-refractivity contribution in [1.29, 1.82) is 0 Å². The molecule has 0 unspecified atom stereocenters. The molecule has 0 spiro atoms. The Bertz CT molecular complexity index is 1190. The molecule has 4 rings (SSSR count). The van der Waals surface area contributed by atoms with Crippen LogP contribution in [0.25, 0.3) is 11.1 Å². The zero-order valence-corrected chi connectivity index (χ0v) is 20.2. The van der Waals surface area contributed by atoms with Gasteiger partial charge in [-0.1, -0.05) is 31.4 Å². The van der Waals surface area contributed by atoms with Gasteiger partial charge in [-0.05, 0) is 56.4 Å². The second-order valence-electron chi connectivity index (χ2n) is 9.21. The third kappa shape index (κ3) is 5.95. The predicted octanol–water partition coefficient (Wildman–Crippen LogP) is 4.77. The summed E-state index contributed by atoms with van der Waals surface area (Å²) in [5, 5.41) is 16.3. The average Bonchev–Trinajstić information content (AvgIpc) is 3.43. The Morgan fingerprint density at radius 1 is 1.11 bits per heavy atom. The molecule has 1 saturated carbocycles. The van der Waals surface area contributed by atoms with Crippen LogP contribution in [0.15, 0.2) is 36.5 Å². The molecule has 11 heteroatoms. The molecule has 3 aromatic rings. The van der Waals surface area contributed by atoms with Crippen molar-refractivity contribution in [3.05, 3.63) is 53.6 Å². The Labute approximate surface area is 206 Å². The molecular formula is C25H29F3N6O2. The Balaban J connectivity index is 1.51. The number of aryl methyl sites for hydroxylation is 2. The molecule has 1 atom stereocenters. The van der Waals surface area contributed by atoms with E-state index < -0.39 is 30.6 Å². The normalized spacial score (nSPS) is 15.5. The van der Waals surface area contributed by atoms with Crippen LogP contribution in [-0.2, 0) is 11.3 Å². The fraction of sp³-hybridized carbons (Fsp3) is 0.440. The quantitative estimate of drug-likeness (QED) is 0.433. The second-order valence-corrected chi connectivity index (χ2v) is 9.21. The summed E-state index contributed by atoms with van der Waals surface area (Å²) in [5.74, 6) is -1.28. The van der Waals surface area contributed by atoms with Crippen LogP contribution < -0.4 is 10.6 Å². The van der Waals surface area contributed by atoms with Crippen LogP contribution in [0.2, 0.25) is 0 Å². The van der Waals surface area contributed by atoms with Gasteiger partial charge in [-0.3, -0.25) is 19.4 Å². The molecule has 2 amide bonds. The van der Waals surface area contributed by atoms with Gasteiger partial charge in [0.05, 0.1) is 5.69 Å². The minimum absolute atomic E-state index is 0.114. The number of benzene rings is 1. The number of aromatic amines is 1. The van der Waals surface area contributed by atoms with E-state index in [2.05, 4.69) is 25.9 Å². The molecular weight excluding hydrogens is 473 g/mol. The Morgan fingerprint density at radius 2 is 1.81 bits per heavy atom. The highest BCUT2D eigenvalue weighted by molar-refractivity contribution is 6.00. The first kappa shape index (κ1) is 25.5. The second kappa shape index (κ2) is 10.5. The topological polar surface area (TPSA) is 105 Å². The van der Waals surface area contributed by atoms with Crippen molar-refractivity contribution in [2.45, 2.75) is 64.7 Å². The molecule has 1 aliphatic rings. The molecule has 1 aliphatic carbocycles. The van der Waals surface area contributed by atoms with Gasteiger partial charge in [0.15, 0.2) is 0 Å². The fourth-order valence-corrected chi connectivity index (χ4v) is 4.82. The van der Waals surface area contributed by atoms with Crippen molar-refractivity contribution < 1.29 is 22.8 Å². The minimum atomic E-state index is -4.53. The SMILES string of the molecule is Cc1n[nH]c(C)c1-c1ccc(NC(=O)[C@@H](NC(=O)c2ccnn2CC(F)(F)F)C2CCCCC2)cc1.